The van der Waals surface area contributed by atoms with Crippen LogP contribution in [0.5, 0.6) is 0 Å². The summed E-state index contributed by atoms with van der Waals surface area (Å²) >= 11 is 0. The van der Waals surface area contributed by atoms with E-state index >= 15 is 0 Å². The summed E-state index contributed by atoms with van der Waals surface area (Å²) in [5, 5.41) is 9.21. The van der Waals surface area contributed by atoms with Gasteiger partial charge in [0, 0.05) is 7.05 Å². The zero-order chi connectivity index (χ0) is 8.85. The molecule has 0 aliphatic carbocycles. The molecule has 0 saturated carbocycles. The SMILES string of the molecule is CON(C)C(=O)C[C@@H](C)OO. The van der Waals surface area contributed by atoms with E-state index in [9.17, 15) is 4.79 Å². The molecular weight excluding hydrogens is 150 g/mol. The van der Waals surface area contributed by atoms with E-state index in [0.717, 1.165) is 5.06 Å². The molecular formula is C6H13NO4. The Morgan fingerprint density at radius 2 is 2.27 bits per heavy atom. The van der Waals surface area contributed by atoms with E-state index in [0.29, 0.717) is 0 Å². The van der Waals surface area contributed by atoms with Crippen LogP contribution in [0.4, 0.5) is 0 Å². The van der Waals surface area contributed by atoms with Gasteiger partial charge in [-0.1, -0.05) is 0 Å². The van der Waals surface area contributed by atoms with Crippen LogP contribution in [-0.4, -0.2) is 36.5 Å². The van der Waals surface area contributed by atoms with E-state index in [1.54, 1.807) is 6.92 Å². The van der Waals surface area contributed by atoms with E-state index < -0.39 is 6.10 Å². The van der Waals surface area contributed by atoms with Crippen molar-refractivity contribution >= 4 is 5.91 Å². The van der Waals surface area contributed by atoms with Crippen molar-refractivity contribution < 1.29 is 19.8 Å². The number of nitrogens with zero attached hydrogens (tertiary/aromatic N) is 1. The minimum absolute atomic E-state index is 0.0981. The van der Waals surface area contributed by atoms with Gasteiger partial charge in [0.15, 0.2) is 0 Å². The molecule has 0 aliphatic heterocycles. The largest absolute Gasteiger partial charge is 0.275 e. The number of rotatable bonds is 4. The predicted octanol–water partition coefficient (Wildman–Crippen LogP) is 0.274. The lowest BCUT2D eigenvalue weighted by Crippen LogP contribution is -2.28. The third kappa shape index (κ3) is 3.92. The van der Waals surface area contributed by atoms with E-state index in [1.807, 2.05) is 0 Å². The van der Waals surface area contributed by atoms with Crippen LogP contribution in [0.25, 0.3) is 0 Å². The van der Waals surface area contributed by atoms with Crippen LogP contribution >= 0.6 is 0 Å². The van der Waals surface area contributed by atoms with Gasteiger partial charge in [-0.05, 0) is 6.92 Å². The highest BCUT2D eigenvalue weighted by Crippen LogP contribution is 1.98. The monoisotopic (exact) mass is 163 g/mol. The van der Waals surface area contributed by atoms with Gasteiger partial charge >= 0.3 is 0 Å². The maximum atomic E-state index is 11.0. The molecule has 0 aliphatic rings. The third-order valence-corrected chi connectivity index (χ3v) is 1.27. The maximum absolute atomic E-state index is 11.0. The van der Waals surface area contributed by atoms with E-state index in [-0.39, 0.29) is 12.3 Å². The van der Waals surface area contributed by atoms with Crippen molar-refractivity contribution in [2.24, 2.45) is 0 Å². The molecule has 0 fully saturated rings. The topological polar surface area (TPSA) is 59.0 Å². The normalized spacial score (nSPS) is 12.7. The molecule has 0 radical (unpaired) electrons. The first-order chi connectivity index (χ1) is 5.11. The quantitative estimate of drug-likeness (QED) is 0.477. The fourth-order valence-electron chi connectivity index (χ4n) is 0.514. The molecule has 11 heavy (non-hydrogen) atoms. The standard InChI is InChI=1S/C6H13NO4/c1-5(11-9)4-6(8)7(2)10-3/h5,9H,4H2,1-3H3/t5-/m1/s1. The molecule has 0 aromatic heterocycles. The van der Waals surface area contributed by atoms with Gasteiger partial charge in [0.25, 0.3) is 0 Å². The molecule has 1 N–H and O–H groups in total. The van der Waals surface area contributed by atoms with Crippen molar-refractivity contribution in [1.29, 1.82) is 0 Å². The summed E-state index contributed by atoms with van der Waals surface area (Å²) in [6, 6.07) is 0. The van der Waals surface area contributed by atoms with E-state index in [1.165, 1.54) is 14.2 Å². The van der Waals surface area contributed by atoms with Crippen molar-refractivity contribution in [3.05, 3.63) is 0 Å². The molecule has 1 atom stereocenters. The molecule has 0 heterocycles. The number of carbonyl (C=O) groups excluding carboxylic acids is 1. The number of amides is 1. The second-order valence-corrected chi connectivity index (χ2v) is 2.19. The number of hydrogen-bond acceptors (Lipinski definition) is 4. The van der Waals surface area contributed by atoms with Crippen LogP contribution in [0.3, 0.4) is 0 Å². The summed E-state index contributed by atoms with van der Waals surface area (Å²) in [5.74, 6) is -0.242. The summed E-state index contributed by atoms with van der Waals surface area (Å²) in [7, 11) is 2.88. The van der Waals surface area contributed by atoms with Gasteiger partial charge in [0.05, 0.1) is 19.6 Å². The minimum Gasteiger partial charge on any atom is -0.275 e. The van der Waals surface area contributed by atoms with Crippen LogP contribution in [0, 0.1) is 0 Å². The Kier molecular flexibility index (Phi) is 4.76. The van der Waals surface area contributed by atoms with Gasteiger partial charge in [0.1, 0.15) is 0 Å². The Morgan fingerprint density at radius 1 is 1.73 bits per heavy atom. The zero-order valence-corrected chi connectivity index (χ0v) is 6.90. The van der Waals surface area contributed by atoms with Crippen molar-refractivity contribution in [2.75, 3.05) is 14.2 Å². The second kappa shape index (κ2) is 5.06. The molecule has 5 nitrogen and oxygen atoms in total. The fraction of sp³-hybridized carbons (Fsp3) is 0.833. The molecule has 0 unspecified atom stereocenters. The first kappa shape index (κ1) is 10.3. The molecule has 0 saturated heterocycles. The van der Waals surface area contributed by atoms with Crippen molar-refractivity contribution in [1.82, 2.24) is 5.06 Å². The third-order valence-electron chi connectivity index (χ3n) is 1.27. The molecule has 66 valence electrons. The highest BCUT2D eigenvalue weighted by molar-refractivity contribution is 5.75. The number of carbonyl (C=O) groups is 1. The molecule has 5 heteroatoms. The van der Waals surface area contributed by atoms with Gasteiger partial charge in [0.2, 0.25) is 5.91 Å². The van der Waals surface area contributed by atoms with Crippen LogP contribution in [0.2, 0.25) is 0 Å². The predicted molar refractivity (Wildman–Crippen MR) is 37.6 cm³/mol. The van der Waals surface area contributed by atoms with Gasteiger partial charge < -0.3 is 0 Å². The van der Waals surface area contributed by atoms with Crippen molar-refractivity contribution in [3.8, 4) is 0 Å². The Labute approximate surface area is 65.4 Å². The molecule has 0 aromatic carbocycles. The van der Waals surface area contributed by atoms with Gasteiger partial charge in [-0.15, -0.1) is 0 Å². The Balaban J connectivity index is 3.68. The highest BCUT2D eigenvalue weighted by Gasteiger charge is 2.12. The molecule has 1 amide bonds. The Hall–Kier alpha value is -0.650. The maximum Gasteiger partial charge on any atom is 0.248 e. The summed E-state index contributed by atoms with van der Waals surface area (Å²) in [6.45, 7) is 1.58. The smallest absolute Gasteiger partial charge is 0.248 e. The summed E-state index contributed by atoms with van der Waals surface area (Å²) in [4.78, 5) is 19.5. The lowest BCUT2D eigenvalue weighted by molar-refractivity contribution is -0.275. The average Bonchev–Trinajstić information content (AvgIpc) is 2.02. The second-order valence-electron chi connectivity index (χ2n) is 2.19. The van der Waals surface area contributed by atoms with E-state index in [4.69, 9.17) is 5.26 Å². The zero-order valence-electron chi connectivity index (χ0n) is 6.90. The van der Waals surface area contributed by atoms with Crippen molar-refractivity contribution in [3.63, 3.8) is 0 Å². The molecule has 0 aromatic rings. The Bertz CT molecular complexity index is 128. The first-order valence-electron chi connectivity index (χ1n) is 3.22. The lowest BCUT2D eigenvalue weighted by atomic mass is 10.3. The van der Waals surface area contributed by atoms with E-state index in [2.05, 4.69) is 9.73 Å². The average molecular weight is 163 g/mol. The Morgan fingerprint density at radius 3 is 2.64 bits per heavy atom. The summed E-state index contributed by atoms with van der Waals surface area (Å²) in [5.41, 5.74) is 0. The van der Waals surface area contributed by atoms with Gasteiger partial charge in [-0.3, -0.25) is 14.9 Å². The van der Waals surface area contributed by atoms with Crippen LogP contribution in [0.15, 0.2) is 0 Å². The number of hydroxylamine groups is 2. The minimum atomic E-state index is -0.500. The van der Waals surface area contributed by atoms with Gasteiger partial charge in [-0.2, -0.15) is 0 Å². The highest BCUT2D eigenvalue weighted by atomic mass is 17.1. The molecule has 0 bridgehead atoms. The van der Waals surface area contributed by atoms with Crippen LogP contribution in [-0.2, 0) is 14.5 Å². The molecule has 0 rings (SSSR count). The van der Waals surface area contributed by atoms with Crippen LogP contribution < -0.4 is 0 Å². The van der Waals surface area contributed by atoms with Crippen LogP contribution in [0.1, 0.15) is 13.3 Å². The lowest BCUT2D eigenvalue weighted by Gasteiger charge is -2.14. The first-order valence-corrected chi connectivity index (χ1v) is 3.22. The van der Waals surface area contributed by atoms with Crippen molar-refractivity contribution in [2.45, 2.75) is 19.4 Å². The summed E-state index contributed by atoms with van der Waals surface area (Å²) < 4.78 is 0. The molecule has 0 spiro atoms. The number of hydrogen-bond donors (Lipinski definition) is 1. The van der Waals surface area contributed by atoms with Gasteiger partial charge in [-0.25, -0.2) is 9.95 Å². The summed E-state index contributed by atoms with van der Waals surface area (Å²) in [6.07, 6.45) is -0.402. The fourth-order valence-corrected chi connectivity index (χ4v) is 0.514.